The van der Waals surface area contributed by atoms with E-state index in [1.165, 1.54) is 0 Å². The van der Waals surface area contributed by atoms with Crippen LogP contribution in [-0.4, -0.2) is 51.5 Å². The third-order valence-electron chi connectivity index (χ3n) is 4.24. The molecular formula is C20H23NO6S. The van der Waals surface area contributed by atoms with E-state index in [0.717, 1.165) is 16.7 Å². The van der Waals surface area contributed by atoms with Crippen molar-refractivity contribution in [3.63, 3.8) is 0 Å². The van der Waals surface area contributed by atoms with Crippen LogP contribution in [-0.2, 0) is 29.9 Å². The van der Waals surface area contributed by atoms with E-state index in [-0.39, 0.29) is 25.2 Å². The third kappa shape index (κ3) is 5.62. The second-order valence-electron chi connectivity index (χ2n) is 6.50. The van der Waals surface area contributed by atoms with Gasteiger partial charge in [-0.2, -0.15) is 0 Å². The summed E-state index contributed by atoms with van der Waals surface area (Å²) < 4.78 is 35.4. The lowest BCUT2D eigenvalue weighted by molar-refractivity contribution is -0.118. The van der Waals surface area contributed by atoms with Crippen molar-refractivity contribution in [2.75, 3.05) is 32.1 Å². The van der Waals surface area contributed by atoms with Crippen molar-refractivity contribution < 1.29 is 27.8 Å². The summed E-state index contributed by atoms with van der Waals surface area (Å²) in [4.78, 5) is 11.6. The normalized spacial score (nSPS) is 14.9. The molecule has 7 nitrogen and oxygen atoms in total. The molecule has 0 aliphatic carbocycles. The molecule has 0 aromatic heterocycles. The van der Waals surface area contributed by atoms with Crippen molar-refractivity contribution in [3.05, 3.63) is 59.7 Å². The van der Waals surface area contributed by atoms with E-state index in [0.29, 0.717) is 18.8 Å². The Bertz CT molecular complexity index is 905. The second-order valence-corrected chi connectivity index (χ2v) is 8.57. The first kappa shape index (κ1) is 20.5. The first-order valence-corrected chi connectivity index (χ1v) is 10.8. The van der Waals surface area contributed by atoms with Gasteiger partial charge >= 0.3 is 0 Å². The van der Waals surface area contributed by atoms with Crippen molar-refractivity contribution >= 4 is 15.7 Å². The number of hydrogen-bond acceptors (Lipinski definition) is 6. The van der Waals surface area contributed by atoms with Crippen molar-refractivity contribution in [2.45, 2.75) is 12.0 Å². The standard InChI is InChI=1S/C20H23NO6S/c22-9-8-21-19(23)14-28(24,25)13-15-4-6-16(7-5-15)17-2-1-3-18(12-17)20-26-10-11-27-20/h1-7,12,20,22H,8-11,13-14H2,(H,21,23). The molecule has 1 aliphatic rings. The van der Waals surface area contributed by atoms with Crippen LogP contribution in [0.15, 0.2) is 48.5 Å². The molecular weight excluding hydrogens is 382 g/mol. The number of hydrogen-bond donors (Lipinski definition) is 2. The monoisotopic (exact) mass is 405 g/mol. The number of amides is 1. The summed E-state index contributed by atoms with van der Waals surface area (Å²) in [5.41, 5.74) is 3.48. The SMILES string of the molecule is O=C(CS(=O)(=O)Cc1ccc(-c2cccc(C3OCCO3)c2)cc1)NCCO. The molecule has 150 valence electrons. The fraction of sp³-hybridized carbons (Fsp3) is 0.350. The largest absolute Gasteiger partial charge is 0.395 e. The summed E-state index contributed by atoms with van der Waals surface area (Å²) in [7, 11) is -3.59. The Labute approximate surface area is 164 Å². The summed E-state index contributed by atoms with van der Waals surface area (Å²) in [6.07, 6.45) is -0.346. The Morgan fingerprint density at radius 2 is 1.79 bits per heavy atom. The number of ether oxygens (including phenoxy) is 2. The highest BCUT2D eigenvalue weighted by Gasteiger charge is 2.19. The van der Waals surface area contributed by atoms with Gasteiger partial charge in [0.2, 0.25) is 5.91 Å². The number of rotatable bonds is 8. The zero-order chi connectivity index (χ0) is 20.0. The van der Waals surface area contributed by atoms with Crippen LogP contribution in [0.4, 0.5) is 0 Å². The molecule has 1 amide bonds. The summed E-state index contributed by atoms with van der Waals surface area (Å²) in [6.45, 7) is 0.971. The van der Waals surface area contributed by atoms with Crippen molar-refractivity contribution in [3.8, 4) is 11.1 Å². The minimum Gasteiger partial charge on any atom is -0.395 e. The second kappa shape index (κ2) is 9.29. The quantitative estimate of drug-likeness (QED) is 0.689. The van der Waals surface area contributed by atoms with E-state index in [1.54, 1.807) is 12.1 Å². The highest BCUT2D eigenvalue weighted by Crippen LogP contribution is 2.28. The molecule has 3 rings (SSSR count). The number of sulfone groups is 1. The van der Waals surface area contributed by atoms with Gasteiger partial charge in [0.25, 0.3) is 0 Å². The van der Waals surface area contributed by atoms with Crippen LogP contribution in [0, 0.1) is 0 Å². The van der Waals surface area contributed by atoms with Gasteiger partial charge < -0.3 is 19.9 Å². The molecule has 1 heterocycles. The molecule has 0 atom stereocenters. The van der Waals surface area contributed by atoms with Crippen molar-refractivity contribution in [1.29, 1.82) is 0 Å². The Morgan fingerprint density at radius 3 is 2.46 bits per heavy atom. The van der Waals surface area contributed by atoms with Crippen LogP contribution in [0.5, 0.6) is 0 Å². The van der Waals surface area contributed by atoms with E-state index in [2.05, 4.69) is 5.32 Å². The predicted molar refractivity (Wildman–Crippen MR) is 104 cm³/mol. The molecule has 1 aliphatic heterocycles. The summed E-state index contributed by atoms with van der Waals surface area (Å²) in [5, 5.41) is 11.0. The van der Waals surface area contributed by atoms with Gasteiger partial charge in [-0.15, -0.1) is 0 Å². The molecule has 0 saturated carbocycles. The van der Waals surface area contributed by atoms with Crippen LogP contribution >= 0.6 is 0 Å². The van der Waals surface area contributed by atoms with E-state index in [1.807, 2.05) is 36.4 Å². The molecule has 0 radical (unpaired) electrons. The maximum absolute atomic E-state index is 12.2. The van der Waals surface area contributed by atoms with Gasteiger partial charge in [-0.1, -0.05) is 42.5 Å². The maximum atomic E-state index is 12.2. The van der Waals surface area contributed by atoms with Crippen LogP contribution in [0.3, 0.4) is 0 Å². The number of carbonyl (C=O) groups excluding carboxylic acids is 1. The van der Waals surface area contributed by atoms with E-state index < -0.39 is 21.5 Å². The fourth-order valence-electron chi connectivity index (χ4n) is 2.96. The Hall–Kier alpha value is -2.26. The molecule has 28 heavy (non-hydrogen) atoms. The van der Waals surface area contributed by atoms with Crippen LogP contribution in [0.2, 0.25) is 0 Å². The number of carbonyl (C=O) groups is 1. The first-order chi connectivity index (χ1) is 13.5. The first-order valence-electron chi connectivity index (χ1n) is 8.97. The maximum Gasteiger partial charge on any atom is 0.235 e. The Morgan fingerprint density at radius 1 is 1.07 bits per heavy atom. The highest BCUT2D eigenvalue weighted by molar-refractivity contribution is 7.91. The molecule has 2 aromatic rings. The average Bonchev–Trinajstić information content (AvgIpc) is 3.21. The van der Waals surface area contributed by atoms with E-state index in [4.69, 9.17) is 14.6 Å². The number of aliphatic hydroxyl groups excluding tert-OH is 1. The van der Waals surface area contributed by atoms with Gasteiger partial charge in [-0.25, -0.2) is 8.42 Å². The minimum atomic E-state index is -3.59. The molecule has 1 saturated heterocycles. The summed E-state index contributed by atoms with van der Waals surface area (Å²) in [6, 6.07) is 15.0. The summed E-state index contributed by atoms with van der Waals surface area (Å²) in [5.74, 6) is -1.43. The van der Waals surface area contributed by atoms with Gasteiger partial charge in [0.15, 0.2) is 16.1 Å². The Kier molecular flexibility index (Phi) is 6.79. The van der Waals surface area contributed by atoms with Gasteiger partial charge in [0.1, 0.15) is 5.75 Å². The topological polar surface area (TPSA) is 102 Å². The number of aliphatic hydroxyl groups is 1. The van der Waals surface area contributed by atoms with Gasteiger partial charge in [0, 0.05) is 12.1 Å². The third-order valence-corrected chi connectivity index (χ3v) is 5.71. The molecule has 2 N–H and O–H groups in total. The van der Waals surface area contributed by atoms with Gasteiger partial charge in [-0.3, -0.25) is 4.79 Å². The van der Waals surface area contributed by atoms with Crippen molar-refractivity contribution in [2.24, 2.45) is 0 Å². The average molecular weight is 405 g/mol. The predicted octanol–water partition coefficient (Wildman–Crippen LogP) is 1.42. The smallest absolute Gasteiger partial charge is 0.235 e. The zero-order valence-electron chi connectivity index (χ0n) is 15.3. The fourth-order valence-corrected chi connectivity index (χ4v) is 4.26. The minimum absolute atomic E-state index is 0.0407. The van der Waals surface area contributed by atoms with Crippen LogP contribution < -0.4 is 5.32 Å². The Balaban J connectivity index is 1.66. The van der Waals surface area contributed by atoms with Crippen LogP contribution in [0.1, 0.15) is 17.4 Å². The van der Waals surface area contributed by atoms with Crippen molar-refractivity contribution in [1.82, 2.24) is 5.32 Å². The summed E-state index contributed by atoms with van der Waals surface area (Å²) >= 11 is 0. The van der Waals surface area contributed by atoms with Gasteiger partial charge in [-0.05, 0) is 22.8 Å². The molecule has 8 heteroatoms. The van der Waals surface area contributed by atoms with Crippen LogP contribution in [0.25, 0.3) is 11.1 Å². The van der Waals surface area contributed by atoms with Gasteiger partial charge in [0.05, 0.1) is 25.6 Å². The lowest BCUT2D eigenvalue weighted by atomic mass is 10.0. The molecule has 0 bridgehead atoms. The molecule has 1 fully saturated rings. The number of benzene rings is 2. The number of nitrogens with one attached hydrogen (secondary N) is 1. The molecule has 0 spiro atoms. The molecule has 0 unspecified atom stereocenters. The highest BCUT2D eigenvalue weighted by atomic mass is 32.2. The van der Waals surface area contributed by atoms with E-state index >= 15 is 0 Å². The lowest BCUT2D eigenvalue weighted by Crippen LogP contribution is -2.32. The zero-order valence-corrected chi connectivity index (χ0v) is 16.2. The van der Waals surface area contributed by atoms with E-state index in [9.17, 15) is 13.2 Å². The molecule has 2 aromatic carbocycles. The lowest BCUT2D eigenvalue weighted by Gasteiger charge is -2.11.